The minimum Gasteiger partial charge on any atom is -0.448 e. The standard InChI is InChI=1S/C23H24ClN5O5S2/c1-11-10-35-21(26-11)18-16-17(27(2)23(32)28(3)22(16)31)19-20(13-5-6-14(24)34-13)36-12(8-29(18)19)7-25-15(30)9-33-4/h5-6,10,12,20H,7-9H2,1-4H3,(H,25,30)/t12-,20+/m1/s1. The predicted octanol–water partition coefficient (Wildman–Crippen LogP) is 2.68. The molecule has 10 nitrogen and oxygen atoms in total. The molecule has 0 unspecified atom stereocenters. The molecule has 0 aromatic carbocycles. The first-order valence-corrected chi connectivity index (χ1v) is 13.3. The van der Waals surface area contributed by atoms with E-state index in [1.54, 1.807) is 30.9 Å². The number of amides is 1. The van der Waals surface area contributed by atoms with Crippen molar-refractivity contribution in [1.82, 2.24) is 24.0 Å². The van der Waals surface area contributed by atoms with E-state index in [2.05, 4.69) is 14.9 Å². The Bertz CT molecular complexity index is 1600. The summed E-state index contributed by atoms with van der Waals surface area (Å²) in [6.07, 6.45) is 0. The number of aromatic nitrogens is 4. The van der Waals surface area contributed by atoms with Crippen LogP contribution in [-0.4, -0.2) is 50.1 Å². The van der Waals surface area contributed by atoms with Gasteiger partial charge in [0.1, 0.15) is 22.6 Å². The van der Waals surface area contributed by atoms with E-state index in [0.29, 0.717) is 40.5 Å². The molecule has 0 saturated carbocycles. The Balaban J connectivity index is 1.79. The highest BCUT2D eigenvalue weighted by Gasteiger charge is 2.38. The number of fused-ring (bicyclic) bond motifs is 3. The number of hydrogen-bond donors (Lipinski definition) is 1. The van der Waals surface area contributed by atoms with Crippen molar-refractivity contribution in [2.75, 3.05) is 20.3 Å². The predicted molar refractivity (Wildman–Crippen MR) is 140 cm³/mol. The van der Waals surface area contributed by atoms with Crippen molar-refractivity contribution >= 4 is 51.5 Å². The van der Waals surface area contributed by atoms with E-state index in [-0.39, 0.29) is 33.8 Å². The fourth-order valence-electron chi connectivity index (χ4n) is 4.58. The average molecular weight is 550 g/mol. The van der Waals surface area contributed by atoms with Crippen molar-refractivity contribution in [3.05, 3.63) is 60.7 Å². The minimum atomic E-state index is -0.419. The molecule has 1 aliphatic rings. The van der Waals surface area contributed by atoms with Crippen LogP contribution in [0.2, 0.25) is 5.22 Å². The quantitative estimate of drug-likeness (QED) is 0.393. The number of aryl methyl sites for hydroxylation is 2. The van der Waals surface area contributed by atoms with Gasteiger partial charge < -0.3 is 19.0 Å². The van der Waals surface area contributed by atoms with Crippen LogP contribution in [0.25, 0.3) is 21.6 Å². The Morgan fingerprint density at radius 3 is 2.72 bits per heavy atom. The van der Waals surface area contributed by atoms with E-state index in [4.69, 9.17) is 20.8 Å². The van der Waals surface area contributed by atoms with Crippen LogP contribution < -0.4 is 16.6 Å². The summed E-state index contributed by atoms with van der Waals surface area (Å²) in [5, 5.41) is 5.73. The van der Waals surface area contributed by atoms with E-state index in [1.807, 2.05) is 12.3 Å². The molecule has 5 heterocycles. The summed E-state index contributed by atoms with van der Waals surface area (Å²) in [7, 11) is 4.61. The molecule has 0 fully saturated rings. The Kier molecular flexibility index (Phi) is 6.62. The molecule has 0 bridgehead atoms. The first-order chi connectivity index (χ1) is 17.2. The maximum absolute atomic E-state index is 13.5. The van der Waals surface area contributed by atoms with Gasteiger partial charge in [-0.25, -0.2) is 9.78 Å². The van der Waals surface area contributed by atoms with Crippen molar-refractivity contribution in [2.24, 2.45) is 14.1 Å². The summed E-state index contributed by atoms with van der Waals surface area (Å²) in [5.41, 5.74) is 1.99. The van der Waals surface area contributed by atoms with E-state index in [9.17, 15) is 14.4 Å². The number of carbonyl (C=O) groups excluding carboxylic acids is 1. The summed E-state index contributed by atoms with van der Waals surface area (Å²) in [5.74, 6) is 0.375. The highest BCUT2D eigenvalue weighted by molar-refractivity contribution is 8.00. The Labute approximate surface area is 218 Å². The van der Waals surface area contributed by atoms with Crippen LogP contribution in [0.4, 0.5) is 0 Å². The second-order valence-electron chi connectivity index (χ2n) is 8.58. The summed E-state index contributed by atoms with van der Waals surface area (Å²) in [6.45, 7) is 2.72. The van der Waals surface area contributed by atoms with Gasteiger partial charge in [0.25, 0.3) is 5.56 Å². The maximum Gasteiger partial charge on any atom is 0.331 e. The zero-order chi connectivity index (χ0) is 25.7. The number of nitrogens with zero attached hydrogens (tertiary/aromatic N) is 4. The smallest absolute Gasteiger partial charge is 0.331 e. The van der Waals surface area contributed by atoms with Gasteiger partial charge in [0.15, 0.2) is 5.22 Å². The SMILES string of the molecule is COCC(=O)NC[C@@H]1Cn2c(-c3nc(C)cs3)c3c(=O)n(C)c(=O)n(C)c3c2[C@H](c2ccc(Cl)o2)S1. The summed E-state index contributed by atoms with van der Waals surface area (Å²) < 4.78 is 15.4. The monoisotopic (exact) mass is 549 g/mol. The number of thiazole rings is 1. The van der Waals surface area contributed by atoms with Gasteiger partial charge in [-0.2, -0.15) is 0 Å². The summed E-state index contributed by atoms with van der Waals surface area (Å²) >= 11 is 9.16. The molecule has 0 radical (unpaired) electrons. The van der Waals surface area contributed by atoms with Gasteiger partial charge >= 0.3 is 5.69 Å². The molecule has 190 valence electrons. The number of halogens is 1. The number of thioether (sulfide) groups is 1. The lowest BCUT2D eigenvalue weighted by Crippen LogP contribution is -2.38. The van der Waals surface area contributed by atoms with Gasteiger partial charge in [-0.1, -0.05) is 0 Å². The Morgan fingerprint density at radius 1 is 1.31 bits per heavy atom. The highest BCUT2D eigenvalue weighted by Crippen LogP contribution is 2.49. The van der Waals surface area contributed by atoms with Crippen molar-refractivity contribution in [3.63, 3.8) is 0 Å². The lowest BCUT2D eigenvalue weighted by Gasteiger charge is -2.31. The van der Waals surface area contributed by atoms with Gasteiger partial charge in [-0.15, -0.1) is 23.1 Å². The first-order valence-electron chi connectivity index (χ1n) is 11.1. The van der Waals surface area contributed by atoms with Gasteiger partial charge in [0.2, 0.25) is 5.91 Å². The summed E-state index contributed by atoms with van der Waals surface area (Å²) in [4.78, 5) is 43.3. The van der Waals surface area contributed by atoms with Gasteiger partial charge in [0.05, 0.1) is 22.3 Å². The van der Waals surface area contributed by atoms with Crippen molar-refractivity contribution < 1.29 is 13.9 Å². The minimum absolute atomic E-state index is 0.0327. The van der Waals surface area contributed by atoms with Crippen LogP contribution in [-0.2, 0) is 30.2 Å². The molecule has 2 atom stereocenters. The van der Waals surface area contributed by atoms with E-state index >= 15 is 0 Å². The topological polar surface area (TPSA) is 113 Å². The zero-order valence-electron chi connectivity index (χ0n) is 20.0. The fourth-order valence-corrected chi connectivity index (χ4v) is 7.01. The molecule has 13 heteroatoms. The van der Waals surface area contributed by atoms with Gasteiger partial charge in [-0.05, 0) is 30.7 Å². The van der Waals surface area contributed by atoms with E-state index < -0.39 is 5.69 Å². The number of carbonyl (C=O) groups is 1. The fraction of sp³-hybridized carbons (Fsp3) is 0.391. The van der Waals surface area contributed by atoms with Crippen LogP contribution in [0, 0.1) is 6.92 Å². The third-order valence-electron chi connectivity index (χ3n) is 6.14. The number of hydrogen-bond acceptors (Lipinski definition) is 8. The van der Waals surface area contributed by atoms with Crippen LogP contribution >= 0.6 is 34.7 Å². The van der Waals surface area contributed by atoms with Crippen LogP contribution in [0.15, 0.2) is 31.5 Å². The van der Waals surface area contributed by atoms with Crippen molar-refractivity contribution in [2.45, 2.75) is 24.0 Å². The Hall–Kier alpha value is -2.80. The van der Waals surface area contributed by atoms with Gasteiger partial charge in [0, 0.05) is 50.6 Å². The van der Waals surface area contributed by atoms with Crippen LogP contribution in [0.1, 0.15) is 22.4 Å². The zero-order valence-corrected chi connectivity index (χ0v) is 22.4. The number of nitrogens with one attached hydrogen (secondary N) is 1. The first kappa shape index (κ1) is 24.9. The third kappa shape index (κ3) is 4.11. The van der Waals surface area contributed by atoms with Crippen molar-refractivity contribution in [1.29, 1.82) is 0 Å². The van der Waals surface area contributed by atoms with Crippen LogP contribution in [0.5, 0.6) is 0 Å². The Morgan fingerprint density at radius 2 is 2.08 bits per heavy atom. The number of furan rings is 1. The maximum atomic E-state index is 13.5. The molecule has 4 aromatic rings. The summed E-state index contributed by atoms with van der Waals surface area (Å²) in [6, 6.07) is 3.46. The molecular formula is C23H24ClN5O5S2. The highest BCUT2D eigenvalue weighted by atomic mass is 35.5. The molecule has 1 N–H and O–H groups in total. The van der Waals surface area contributed by atoms with E-state index in [1.165, 1.54) is 30.1 Å². The molecule has 0 spiro atoms. The lowest BCUT2D eigenvalue weighted by atomic mass is 10.2. The van der Waals surface area contributed by atoms with Gasteiger partial charge in [-0.3, -0.25) is 18.7 Å². The third-order valence-corrected chi connectivity index (χ3v) is 8.74. The number of methoxy groups -OCH3 is 1. The normalized spacial score (nSPS) is 17.5. The molecule has 0 aliphatic carbocycles. The number of rotatable bonds is 6. The number of ether oxygens (including phenoxy) is 1. The molecular weight excluding hydrogens is 526 g/mol. The lowest BCUT2D eigenvalue weighted by molar-refractivity contribution is -0.124. The molecule has 1 aliphatic heterocycles. The molecule has 4 aromatic heterocycles. The molecule has 1 amide bonds. The van der Waals surface area contributed by atoms with Crippen LogP contribution in [0.3, 0.4) is 0 Å². The largest absolute Gasteiger partial charge is 0.448 e. The van der Waals surface area contributed by atoms with Crippen molar-refractivity contribution in [3.8, 4) is 10.7 Å². The van der Waals surface area contributed by atoms with E-state index in [0.717, 1.165) is 16.0 Å². The second kappa shape index (κ2) is 9.58. The second-order valence-corrected chi connectivity index (χ2v) is 11.2. The molecule has 0 saturated heterocycles. The molecule has 36 heavy (non-hydrogen) atoms. The average Bonchev–Trinajstić information content (AvgIpc) is 3.56. The molecule has 5 rings (SSSR count).